The van der Waals surface area contributed by atoms with Crippen LogP contribution in [0.15, 0.2) is 48.0 Å². The molecule has 0 radical (unpaired) electrons. The fraction of sp³-hybridized carbons (Fsp3) is 0.190. The number of thiocarbonyl (C=S) groups is 1. The van der Waals surface area contributed by atoms with Crippen LogP contribution in [0.25, 0.3) is 5.70 Å². The van der Waals surface area contributed by atoms with Crippen molar-refractivity contribution in [1.29, 1.82) is 0 Å². The smallest absolute Gasteiger partial charge is 0.341 e. The summed E-state index contributed by atoms with van der Waals surface area (Å²) in [6, 6.07) is 11.7. The maximum Gasteiger partial charge on any atom is 0.341 e. The van der Waals surface area contributed by atoms with Crippen LogP contribution in [0, 0.1) is 0 Å². The Morgan fingerprint density at radius 3 is 2.53 bits per heavy atom. The molecule has 2 aromatic carbocycles. The minimum atomic E-state index is -1.15. The number of Topliss-reactive ketones (excluding diaryl/α,β-unsaturated/α-hetero) is 1. The SMILES string of the molecule is COc1cc(Cl)cc([C@@H]2NC(=S)NC(c3ccccc3)=C2C(C)=O)c1OCC(=O)O. The van der Waals surface area contributed by atoms with Gasteiger partial charge in [0.25, 0.3) is 0 Å². The van der Waals surface area contributed by atoms with Gasteiger partial charge in [0.15, 0.2) is 29.0 Å². The van der Waals surface area contributed by atoms with Crippen molar-refractivity contribution >= 4 is 46.4 Å². The van der Waals surface area contributed by atoms with Gasteiger partial charge in [-0.05, 0) is 30.8 Å². The van der Waals surface area contributed by atoms with Gasteiger partial charge in [-0.2, -0.15) is 0 Å². The number of hydrogen-bond acceptors (Lipinski definition) is 5. The van der Waals surface area contributed by atoms with Crippen molar-refractivity contribution in [2.75, 3.05) is 13.7 Å². The molecule has 3 rings (SSSR count). The number of ether oxygens (including phenoxy) is 2. The van der Waals surface area contributed by atoms with Gasteiger partial charge in [-0.15, -0.1) is 0 Å². The molecule has 9 heteroatoms. The lowest BCUT2D eigenvalue weighted by Crippen LogP contribution is -2.44. The lowest BCUT2D eigenvalue weighted by Gasteiger charge is -2.32. The number of nitrogens with one attached hydrogen (secondary N) is 2. The molecule has 1 heterocycles. The molecule has 3 N–H and O–H groups in total. The Morgan fingerprint density at radius 1 is 1.23 bits per heavy atom. The molecule has 0 aliphatic carbocycles. The third-order valence-electron chi connectivity index (χ3n) is 4.43. The molecule has 2 aromatic rings. The minimum Gasteiger partial charge on any atom is -0.493 e. The van der Waals surface area contributed by atoms with E-state index in [4.69, 9.17) is 38.4 Å². The number of aliphatic carboxylic acids is 1. The standard InChI is InChI=1S/C21H19ClN2O5S/c1-11(25)17-18(12-6-4-3-5-7-12)23-21(30)24-19(17)14-8-13(22)9-15(28-2)20(14)29-10-16(26)27/h3-9,19H,10H2,1-2H3,(H,26,27)(H2,23,24,30)/t19-/m0/s1. The lowest BCUT2D eigenvalue weighted by atomic mass is 9.90. The molecule has 0 saturated carbocycles. The summed E-state index contributed by atoms with van der Waals surface area (Å²) in [5.41, 5.74) is 2.17. The summed E-state index contributed by atoms with van der Waals surface area (Å²) in [5, 5.41) is 15.8. The van der Waals surface area contributed by atoms with Crippen molar-refractivity contribution in [3.05, 3.63) is 64.2 Å². The first-order chi connectivity index (χ1) is 14.3. The Hall–Kier alpha value is -3.10. The summed E-state index contributed by atoms with van der Waals surface area (Å²) in [5.74, 6) is -0.949. The third-order valence-corrected chi connectivity index (χ3v) is 4.87. The van der Waals surface area contributed by atoms with E-state index in [1.807, 2.05) is 30.3 Å². The van der Waals surface area contributed by atoms with Crippen LogP contribution in [0.2, 0.25) is 5.02 Å². The van der Waals surface area contributed by atoms with Gasteiger partial charge < -0.3 is 25.2 Å². The van der Waals surface area contributed by atoms with E-state index in [9.17, 15) is 9.59 Å². The largest absolute Gasteiger partial charge is 0.493 e. The minimum absolute atomic E-state index is 0.165. The Bertz CT molecular complexity index is 1040. The Morgan fingerprint density at radius 2 is 1.93 bits per heavy atom. The van der Waals surface area contributed by atoms with E-state index >= 15 is 0 Å². The number of rotatable bonds is 7. The van der Waals surface area contributed by atoms with Crippen molar-refractivity contribution in [3.8, 4) is 11.5 Å². The molecule has 156 valence electrons. The second-order valence-corrected chi connectivity index (χ2v) is 7.30. The topological polar surface area (TPSA) is 96.9 Å². The molecule has 1 atom stereocenters. The summed E-state index contributed by atoms with van der Waals surface area (Å²) in [7, 11) is 1.42. The van der Waals surface area contributed by atoms with Gasteiger partial charge in [0.1, 0.15) is 0 Å². The highest BCUT2D eigenvalue weighted by Crippen LogP contribution is 2.42. The maximum absolute atomic E-state index is 12.7. The Balaban J connectivity index is 2.24. The summed E-state index contributed by atoms with van der Waals surface area (Å²) < 4.78 is 10.9. The average molecular weight is 447 g/mol. The number of ketones is 1. The van der Waals surface area contributed by atoms with Gasteiger partial charge in [-0.3, -0.25) is 4.79 Å². The molecule has 0 fully saturated rings. The fourth-order valence-electron chi connectivity index (χ4n) is 3.25. The second kappa shape index (κ2) is 9.15. The highest BCUT2D eigenvalue weighted by atomic mass is 35.5. The van der Waals surface area contributed by atoms with Crippen molar-refractivity contribution in [3.63, 3.8) is 0 Å². The van der Waals surface area contributed by atoms with Gasteiger partial charge in [0.2, 0.25) is 0 Å². The highest BCUT2D eigenvalue weighted by Gasteiger charge is 2.33. The number of carbonyl (C=O) groups excluding carboxylic acids is 1. The summed E-state index contributed by atoms with van der Waals surface area (Å²) >= 11 is 11.6. The van der Waals surface area contributed by atoms with Crippen molar-refractivity contribution < 1.29 is 24.2 Å². The number of halogens is 1. The van der Waals surface area contributed by atoms with Crippen LogP contribution in [0.1, 0.15) is 24.1 Å². The molecule has 30 heavy (non-hydrogen) atoms. The van der Waals surface area contributed by atoms with E-state index in [-0.39, 0.29) is 17.3 Å². The molecule has 0 amide bonds. The van der Waals surface area contributed by atoms with Gasteiger partial charge in [0, 0.05) is 22.2 Å². The fourth-order valence-corrected chi connectivity index (χ4v) is 3.69. The predicted molar refractivity (Wildman–Crippen MR) is 117 cm³/mol. The summed E-state index contributed by atoms with van der Waals surface area (Å²) in [6.45, 7) is 0.855. The molecule has 0 saturated heterocycles. The number of benzene rings is 2. The molecule has 0 aromatic heterocycles. The number of carboxylic acid groups (broad SMARTS) is 1. The van der Waals surface area contributed by atoms with E-state index in [2.05, 4.69) is 10.6 Å². The first-order valence-electron chi connectivity index (χ1n) is 8.92. The van der Waals surface area contributed by atoms with Crippen molar-refractivity contribution in [2.45, 2.75) is 13.0 Å². The van der Waals surface area contributed by atoms with Crippen LogP contribution in [0.5, 0.6) is 11.5 Å². The molecule has 0 unspecified atom stereocenters. The first-order valence-corrected chi connectivity index (χ1v) is 9.70. The Kier molecular flexibility index (Phi) is 6.59. The van der Waals surface area contributed by atoms with E-state index in [1.165, 1.54) is 20.1 Å². The quantitative estimate of drug-likeness (QED) is 0.557. The van der Waals surface area contributed by atoms with E-state index in [1.54, 1.807) is 6.07 Å². The predicted octanol–water partition coefficient (Wildman–Crippen LogP) is 3.33. The third kappa shape index (κ3) is 4.55. The van der Waals surface area contributed by atoms with E-state index < -0.39 is 18.6 Å². The van der Waals surface area contributed by atoms with Gasteiger partial charge >= 0.3 is 5.97 Å². The maximum atomic E-state index is 12.7. The van der Waals surface area contributed by atoms with Gasteiger partial charge in [-0.25, -0.2) is 4.79 Å². The molecule has 1 aliphatic heterocycles. The van der Waals surface area contributed by atoms with Crippen molar-refractivity contribution in [1.82, 2.24) is 10.6 Å². The summed E-state index contributed by atoms with van der Waals surface area (Å²) in [4.78, 5) is 23.8. The number of carboxylic acids is 1. The van der Waals surface area contributed by atoms with Gasteiger partial charge in [0.05, 0.1) is 18.8 Å². The van der Waals surface area contributed by atoms with E-state index in [0.29, 0.717) is 27.0 Å². The molecular formula is C21H19ClN2O5S. The second-order valence-electron chi connectivity index (χ2n) is 6.45. The zero-order chi connectivity index (χ0) is 21.8. The number of methoxy groups -OCH3 is 1. The zero-order valence-electron chi connectivity index (χ0n) is 16.2. The Labute approximate surface area is 183 Å². The summed E-state index contributed by atoms with van der Waals surface area (Å²) in [6.07, 6.45) is 0. The van der Waals surface area contributed by atoms with Crippen LogP contribution < -0.4 is 20.1 Å². The van der Waals surface area contributed by atoms with E-state index in [0.717, 1.165) is 5.56 Å². The van der Waals surface area contributed by atoms with Crippen LogP contribution in [-0.2, 0) is 9.59 Å². The van der Waals surface area contributed by atoms with Crippen LogP contribution >= 0.6 is 23.8 Å². The normalized spacial score (nSPS) is 15.8. The van der Waals surface area contributed by atoms with Gasteiger partial charge in [-0.1, -0.05) is 41.9 Å². The number of carbonyl (C=O) groups is 2. The highest BCUT2D eigenvalue weighted by molar-refractivity contribution is 7.80. The molecular weight excluding hydrogens is 428 g/mol. The van der Waals surface area contributed by atoms with Crippen molar-refractivity contribution in [2.24, 2.45) is 0 Å². The number of hydrogen-bond donors (Lipinski definition) is 3. The zero-order valence-corrected chi connectivity index (χ0v) is 17.8. The van der Waals surface area contributed by atoms with Crippen LogP contribution in [0.3, 0.4) is 0 Å². The van der Waals surface area contributed by atoms with Crippen LogP contribution in [0.4, 0.5) is 0 Å². The molecule has 0 spiro atoms. The average Bonchev–Trinajstić information content (AvgIpc) is 2.71. The molecule has 0 bridgehead atoms. The molecule has 7 nitrogen and oxygen atoms in total. The monoisotopic (exact) mass is 446 g/mol. The molecule has 1 aliphatic rings. The van der Waals surface area contributed by atoms with Crippen LogP contribution in [-0.4, -0.2) is 35.7 Å². The lowest BCUT2D eigenvalue weighted by molar-refractivity contribution is -0.139. The first kappa shape index (κ1) is 21.6.